The van der Waals surface area contributed by atoms with E-state index >= 15 is 0 Å². The highest BCUT2D eigenvalue weighted by atomic mass is 16.3. The number of primary amides is 1. The smallest absolute Gasteiger partial charge is 0.244 e. The predicted octanol–water partition coefficient (Wildman–Crippen LogP) is 1.13. The van der Waals surface area contributed by atoms with Gasteiger partial charge in [-0.2, -0.15) is 0 Å². The van der Waals surface area contributed by atoms with E-state index in [1.807, 2.05) is 13.8 Å². The minimum Gasteiger partial charge on any atom is -0.512 e. The molecule has 1 amide bonds. The molecule has 1 aliphatic rings. The van der Waals surface area contributed by atoms with Gasteiger partial charge in [-0.1, -0.05) is 13.8 Å². The number of amides is 1. The first-order valence-corrected chi connectivity index (χ1v) is 3.94. The molecule has 3 nitrogen and oxygen atoms in total. The molecule has 1 aliphatic carbocycles. The molecule has 3 N–H and O–H groups in total. The lowest BCUT2D eigenvalue weighted by Crippen LogP contribution is -2.25. The summed E-state index contributed by atoms with van der Waals surface area (Å²) in [5.74, 6) is -0.101. The lowest BCUT2D eigenvalue weighted by molar-refractivity contribution is -0.115. The van der Waals surface area contributed by atoms with Crippen LogP contribution >= 0.6 is 0 Å². The van der Waals surface area contributed by atoms with E-state index in [0.717, 1.165) is 0 Å². The summed E-state index contributed by atoms with van der Waals surface area (Å²) in [6, 6.07) is 0. The molecule has 66 valence electrons. The van der Waals surface area contributed by atoms with Crippen LogP contribution in [0.4, 0.5) is 0 Å². The molecule has 0 aliphatic heterocycles. The topological polar surface area (TPSA) is 63.3 Å². The second-order valence-electron chi connectivity index (χ2n) is 3.16. The third kappa shape index (κ3) is 1.35. The van der Waals surface area contributed by atoms with Crippen LogP contribution in [0.3, 0.4) is 0 Å². The van der Waals surface area contributed by atoms with E-state index in [2.05, 4.69) is 0 Å². The van der Waals surface area contributed by atoms with Crippen molar-refractivity contribution in [2.24, 2.45) is 17.6 Å². The molecule has 0 heterocycles. The number of aliphatic hydroxyl groups is 1. The van der Waals surface area contributed by atoms with Gasteiger partial charge < -0.3 is 10.8 Å². The van der Waals surface area contributed by atoms with Crippen molar-refractivity contribution in [1.29, 1.82) is 0 Å². The quantitative estimate of drug-likeness (QED) is 0.614. The van der Waals surface area contributed by atoms with Gasteiger partial charge in [0.2, 0.25) is 5.91 Å². The lowest BCUT2D eigenvalue weighted by atomic mass is 9.83. The predicted molar refractivity (Wildman–Crippen MR) is 46.3 cm³/mol. The average molecular weight is 167 g/mol. The molecular weight excluding hydrogens is 154 g/mol. The summed E-state index contributed by atoms with van der Waals surface area (Å²) in [5.41, 5.74) is 5.73. The third-order valence-electron chi connectivity index (χ3n) is 2.43. The summed E-state index contributed by atoms with van der Waals surface area (Å²) in [7, 11) is 0. The number of aliphatic hydroxyl groups excluding tert-OH is 1. The molecule has 0 fully saturated rings. The Morgan fingerprint density at radius 3 is 2.50 bits per heavy atom. The van der Waals surface area contributed by atoms with Crippen molar-refractivity contribution < 1.29 is 9.90 Å². The van der Waals surface area contributed by atoms with Crippen LogP contribution in [0.5, 0.6) is 0 Å². The van der Waals surface area contributed by atoms with Crippen molar-refractivity contribution in [2.75, 3.05) is 0 Å². The maximum Gasteiger partial charge on any atom is 0.244 e. The molecule has 0 aromatic heterocycles. The van der Waals surface area contributed by atoms with Gasteiger partial charge in [0.1, 0.15) is 0 Å². The Balaban J connectivity index is 2.97. The van der Waals surface area contributed by atoms with E-state index in [1.54, 1.807) is 6.08 Å². The minimum absolute atomic E-state index is 0.00694. The second-order valence-corrected chi connectivity index (χ2v) is 3.16. The zero-order chi connectivity index (χ0) is 9.30. The lowest BCUT2D eigenvalue weighted by Gasteiger charge is -2.23. The fourth-order valence-corrected chi connectivity index (χ4v) is 1.31. The molecule has 3 heteroatoms. The Kier molecular flexibility index (Phi) is 2.22. The first-order valence-electron chi connectivity index (χ1n) is 3.94. The molecule has 0 spiro atoms. The fraction of sp³-hybridized carbons (Fsp3) is 0.444. The second kappa shape index (κ2) is 3.01. The molecule has 2 unspecified atom stereocenters. The maximum atomic E-state index is 10.9. The number of carbonyl (C=O) groups is 1. The molecule has 0 radical (unpaired) electrons. The largest absolute Gasteiger partial charge is 0.512 e. The Hall–Kier alpha value is -1.25. The molecule has 0 aromatic carbocycles. The normalized spacial score (nSPS) is 29.2. The van der Waals surface area contributed by atoms with Crippen LogP contribution in [0, 0.1) is 11.8 Å². The molecule has 1 rings (SSSR count). The van der Waals surface area contributed by atoms with Gasteiger partial charge in [-0.25, -0.2) is 0 Å². The first kappa shape index (κ1) is 8.84. The van der Waals surface area contributed by atoms with Gasteiger partial charge in [-0.05, 0) is 18.1 Å². The summed E-state index contributed by atoms with van der Waals surface area (Å²) in [6.07, 6.45) is 3.12. The summed E-state index contributed by atoms with van der Waals surface area (Å²) in [6.45, 7) is 3.75. The molecule has 0 aromatic rings. The molecular formula is C9H13NO2. The third-order valence-corrected chi connectivity index (χ3v) is 2.43. The average Bonchev–Trinajstić information content (AvgIpc) is 2.00. The van der Waals surface area contributed by atoms with Gasteiger partial charge in [-0.3, -0.25) is 4.79 Å². The molecule has 0 bridgehead atoms. The highest BCUT2D eigenvalue weighted by Gasteiger charge is 2.25. The van der Waals surface area contributed by atoms with Crippen molar-refractivity contribution in [2.45, 2.75) is 13.8 Å². The Morgan fingerprint density at radius 1 is 1.42 bits per heavy atom. The standard InChI is InChI=1S/C9H13NO2/c1-5-6(2)8(11)4-3-7(5)9(10)12/h3-6,11H,1-2H3,(H2,10,12). The van der Waals surface area contributed by atoms with Crippen LogP contribution in [0.25, 0.3) is 0 Å². The van der Waals surface area contributed by atoms with Crippen LogP contribution in [0.2, 0.25) is 0 Å². The number of hydrogen-bond donors (Lipinski definition) is 2. The van der Waals surface area contributed by atoms with Crippen LogP contribution < -0.4 is 5.73 Å². The number of hydrogen-bond acceptors (Lipinski definition) is 2. The van der Waals surface area contributed by atoms with Gasteiger partial charge >= 0.3 is 0 Å². The number of allylic oxidation sites excluding steroid dienone is 3. The fourth-order valence-electron chi connectivity index (χ4n) is 1.31. The van der Waals surface area contributed by atoms with Crippen LogP contribution in [-0.4, -0.2) is 11.0 Å². The van der Waals surface area contributed by atoms with E-state index < -0.39 is 5.91 Å². The zero-order valence-corrected chi connectivity index (χ0v) is 7.24. The Morgan fingerprint density at radius 2 is 2.00 bits per heavy atom. The minimum atomic E-state index is -0.405. The summed E-state index contributed by atoms with van der Waals surface area (Å²) >= 11 is 0. The summed E-state index contributed by atoms with van der Waals surface area (Å²) in [5, 5.41) is 9.31. The first-order chi connectivity index (χ1) is 5.54. The van der Waals surface area contributed by atoms with Crippen LogP contribution in [0.1, 0.15) is 13.8 Å². The van der Waals surface area contributed by atoms with Crippen molar-refractivity contribution in [1.82, 2.24) is 0 Å². The molecule has 2 atom stereocenters. The van der Waals surface area contributed by atoms with Gasteiger partial charge in [0, 0.05) is 11.5 Å². The summed E-state index contributed by atoms with van der Waals surface area (Å²) < 4.78 is 0. The van der Waals surface area contributed by atoms with Crippen LogP contribution in [0.15, 0.2) is 23.5 Å². The van der Waals surface area contributed by atoms with Gasteiger partial charge in [0.25, 0.3) is 0 Å². The van der Waals surface area contributed by atoms with Crippen molar-refractivity contribution >= 4 is 5.91 Å². The molecule has 12 heavy (non-hydrogen) atoms. The van der Waals surface area contributed by atoms with E-state index in [1.165, 1.54) is 6.08 Å². The number of carbonyl (C=O) groups excluding carboxylic acids is 1. The van der Waals surface area contributed by atoms with Gasteiger partial charge in [-0.15, -0.1) is 0 Å². The van der Waals surface area contributed by atoms with Crippen molar-refractivity contribution in [3.63, 3.8) is 0 Å². The Labute approximate surface area is 71.6 Å². The summed E-state index contributed by atoms with van der Waals surface area (Å²) in [4.78, 5) is 10.9. The molecule has 0 saturated carbocycles. The van der Waals surface area contributed by atoms with Crippen LogP contribution in [-0.2, 0) is 4.79 Å². The van der Waals surface area contributed by atoms with Crippen molar-refractivity contribution in [3.05, 3.63) is 23.5 Å². The van der Waals surface area contributed by atoms with E-state index in [9.17, 15) is 9.90 Å². The monoisotopic (exact) mass is 167 g/mol. The highest BCUT2D eigenvalue weighted by Crippen LogP contribution is 2.28. The van der Waals surface area contributed by atoms with Gasteiger partial charge in [0.05, 0.1) is 5.76 Å². The molecule has 0 saturated heterocycles. The SMILES string of the molecule is CC1C(O)=CC=C(C(N)=O)C1C. The van der Waals surface area contributed by atoms with E-state index in [0.29, 0.717) is 11.3 Å². The van der Waals surface area contributed by atoms with Gasteiger partial charge in [0.15, 0.2) is 0 Å². The van der Waals surface area contributed by atoms with E-state index in [4.69, 9.17) is 5.73 Å². The highest BCUT2D eigenvalue weighted by molar-refractivity contribution is 5.93. The zero-order valence-electron chi connectivity index (χ0n) is 7.24. The maximum absolute atomic E-state index is 10.9. The number of nitrogens with two attached hydrogens (primary N) is 1. The van der Waals surface area contributed by atoms with Crippen molar-refractivity contribution in [3.8, 4) is 0 Å². The number of rotatable bonds is 1. The Bertz CT molecular complexity index is 266. The van der Waals surface area contributed by atoms with E-state index in [-0.39, 0.29) is 11.8 Å².